The fourth-order valence-electron chi connectivity index (χ4n) is 3.81. The van der Waals surface area contributed by atoms with Gasteiger partial charge in [0.15, 0.2) is 6.29 Å². The van der Waals surface area contributed by atoms with Crippen LogP contribution in [0.4, 0.5) is 0 Å². The topological polar surface area (TPSA) is 175 Å². The lowest BCUT2D eigenvalue weighted by Gasteiger charge is -2.45. The molecule has 0 aromatic heterocycles. The van der Waals surface area contributed by atoms with Crippen LogP contribution < -0.4 is 0 Å². The number of ether oxygens (including phenoxy) is 4. The Labute approximate surface area is 160 Å². The van der Waals surface area contributed by atoms with Gasteiger partial charge in [-0.2, -0.15) is 0 Å². The predicted molar refractivity (Wildman–Crippen MR) is 88.0 cm³/mol. The summed E-state index contributed by atoms with van der Waals surface area (Å²) in [5.74, 6) is -1.96. The third-order valence-electron chi connectivity index (χ3n) is 5.38. The van der Waals surface area contributed by atoms with E-state index in [9.17, 15) is 35.4 Å². The van der Waals surface area contributed by atoms with Crippen molar-refractivity contribution in [3.8, 4) is 0 Å². The van der Waals surface area contributed by atoms with Crippen molar-refractivity contribution >= 4 is 5.97 Å². The number of aliphatic hydroxyl groups is 6. The molecule has 158 valence electrons. The van der Waals surface area contributed by atoms with Crippen LogP contribution in [0.1, 0.15) is 6.92 Å². The molecule has 0 bridgehead atoms. The summed E-state index contributed by atoms with van der Waals surface area (Å²) in [6.07, 6.45) is -8.18. The molecule has 0 radical (unpaired) electrons. The predicted octanol–water partition coefficient (Wildman–Crippen LogP) is -3.12. The molecular formula is C17H24O11. The minimum absolute atomic E-state index is 0.311. The van der Waals surface area contributed by atoms with Crippen molar-refractivity contribution in [3.05, 3.63) is 23.5 Å². The number of hydrogen-bond donors (Lipinski definition) is 6. The van der Waals surface area contributed by atoms with Crippen molar-refractivity contribution in [1.82, 2.24) is 0 Å². The molecule has 28 heavy (non-hydrogen) atoms. The van der Waals surface area contributed by atoms with E-state index in [-0.39, 0.29) is 5.57 Å². The Balaban J connectivity index is 1.88. The first-order valence-corrected chi connectivity index (χ1v) is 8.65. The monoisotopic (exact) mass is 404 g/mol. The molecule has 1 fully saturated rings. The van der Waals surface area contributed by atoms with E-state index in [1.54, 1.807) is 6.92 Å². The van der Waals surface area contributed by atoms with Crippen molar-refractivity contribution in [2.75, 3.05) is 13.7 Å². The van der Waals surface area contributed by atoms with E-state index < -0.39 is 67.2 Å². The van der Waals surface area contributed by atoms with Gasteiger partial charge >= 0.3 is 5.97 Å². The Hall–Kier alpha value is -1.57. The summed E-state index contributed by atoms with van der Waals surface area (Å²) in [5, 5.41) is 60.6. The van der Waals surface area contributed by atoms with Gasteiger partial charge in [-0.1, -0.05) is 11.6 Å². The van der Waals surface area contributed by atoms with Gasteiger partial charge in [0.05, 0.1) is 19.6 Å². The zero-order valence-electron chi connectivity index (χ0n) is 15.2. The molecule has 1 saturated heterocycles. The van der Waals surface area contributed by atoms with Crippen LogP contribution >= 0.6 is 0 Å². The molecule has 0 amide bonds. The van der Waals surface area contributed by atoms with Gasteiger partial charge in [-0.3, -0.25) is 0 Å². The lowest BCUT2D eigenvalue weighted by molar-refractivity contribution is -0.344. The third kappa shape index (κ3) is 3.13. The highest BCUT2D eigenvalue weighted by atomic mass is 16.8. The van der Waals surface area contributed by atoms with E-state index in [4.69, 9.17) is 14.2 Å². The average Bonchev–Trinajstić information content (AvgIpc) is 2.91. The number of methoxy groups -OCH3 is 1. The number of esters is 1. The maximum Gasteiger partial charge on any atom is 0.339 e. The smallest absolute Gasteiger partial charge is 0.339 e. The highest BCUT2D eigenvalue weighted by Crippen LogP contribution is 2.47. The first-order valence-electron chi connectivity index (χ1n) is 8.65. The lowest BCUT2D eigenvalue weighted by atomic mass is 9.78. The molecule has 1 aliphatic carbocycles. The van der Waals surface area contributed by atoms with Crippen molar-refractivity contribution < 1.29 is 54.4 Å². The van der Waals surface area contributed by atoms with Crippen molar-refractivity contribution in [2.24, 2.45) is 5.92 Å². The molecule has 3 aliphatic rings. The molecule has 0 saturated carbocycles. The Kier molecular flexibility index (Phi) is 5.81. The molecule has 2 heterocycles. The van der Waals surface area contributed by atoms with Gasteiger partial charge in [0.25, 0.3) is 0 Å². The van der Waals surface area contributed by atoms with Crippen LogP contribution in [0.15, 0.2) is 23.5 Å². The summed E-state index contributed by atoms with van der Waals surface area (Å²) < 4.78 is 20.9. The van der Waals surface area contributed by atoms with Gasteiger partial charge in [0.2, 0.25) is 6.29 Å². The molecule has 2 aliphatic heterocycles. The molecule has 0 spiro atoms. The SMILES string of the molecule is COC(=O)C1=CO[C@@H](O[C@@H]2O[C@H](CO)[C@@H](O)[C@@H](O)[C@H]2O)C2C(C)=C[C@@H](O)[C@]12O. The standard InChI is InChI=1S/C17H24O11/c1-6-3-9(19)17(24)7(14(23)25-2)5-26-15(10(6)17)28-16-13(22)12(21)11(20)8(4-18)27-16/h3,5,8-13,15-16,18-22,24H,4H2,1-2H3/t8-,9-,10?,11-,12-,13-,15+,16+,17-/m1/s1. The Bertz CT molecular complexity index is 674. The summed E-state index contributed by atoms with van der Waals surface area (Å²) in [5.41, 5.74) is -1.97. The average molecular weight is 404 g/mol. The van der Waals surface area contributed by atoms with Gasteiger partial charge in [-0.15, -0.1) is 0 Å². The van der Waals surface area contributed by atoms with Gasteiger partial charge in [0, 0.05) is 0 Å². The second kappa shape index (κ2) is 7.69. The maximum absolute atomic E-state index is 12.0. The van der Waals surface area contributed by atoms with Crippen molar-refractivity contribution in [3.63, 3.8) is 0 Å². The largest absolute Gasteiger partial charge is 0.471 e. The number of aliphatic hydroxyl groups excluding tert-OH is 5. The van der Waals surface area contributed by atoms with Crippen LogP contribution in [0.5, 0.6) is 0 Å². The Morgan fingerprint density at radius 3 is 2.46 bits per heavy atom. The van der Waals surface area contributed by atoms with Crippen LogP contribution in [0.25, 0.3) is 0 Å². The van der Waals surface area contributed by atoms with Crippen molar-refractivity contribution in [1.29, 1.82) is 0 Å². The first-order chi connectivity index (χ1) is 13.2. The van der Waals surface area contributed by atoms with Crippen LogP contribution in [0.3, 0.4) is 0 Å². The molecule has 0 aromatic rings. The van der Waals surface area contributed by atoms with E-state index in [2.05, 4.69) is 4.74 Å². The van der Waals surface area contributed by atoms with Gasteiger partial charge in [-0.05, 0) is 6.92 Å². The van der Waals surface area contributed by atoms with E-state index in [0.717, 1.165) is 13.4 Å². The summed E-state index contributed by atoms with van der Waals surface area (Å²) >= 11 is 0. The summed E-state index contributed by atoms with van der Waals surface area (Å²) in [6, 6.07) is 0. The first kappa shape index (κ1) is 21.1. The number of rotatable bonds is 4. The van der Waals surface area contributed by atoms with E-state index in [1.165, 1.54) is 6.08 Å². The van der Waals surface area contributed by atoms with Crippen LogP contribution in [0.2, 0.25) is 0 Å². The number of hydrogen-bond acceptors (Lipinski definition) is 11. The highest BCUT2D eigenvalue weighted by molar-refractivity contribution is 5.91. The minimum atomic E-state index is -2.10. The van der Waals surface area contributed by atoms with Gasteiger partial charge in [0.1, 0.15) is 48.0 Å². The molecular weight excluding hydrogens is 380 g/mol. The molecule has 11 heteroatoms. The quantitative estimate of drug-likeness (QED) is 0.207. The van der Waals surface area contributed by atoms with Crippen molar-refractivity contribution in [2.45, 2.75) is 55.6 Å². The normalized spacial score (nSPS) is 45.6. The molecule has 0 aromatic carbocycles. The molecule has 1 unspecified atom stereocenters. The molecule has 6 N–H and O–H groups in total. The fourth-order valence-corrected chi connectivity index (χ4v) is 3.81. The van der Waals surface area contributed by atoms with Crippen LogP contribution in [0, 0.1) is 5.92 Å². The Morgan fingerprint density at radius 2 is 1.86 bits per heavy atom. The molecule has 3 rings (SSSR count). The number of carbonyl (C=O) groups excluding carboxylic acids is 1. The molecule has 11 nitrogen and oxygen atoms in total. The fraction of sp³-hybridized carbons (Fsp3) is 0.706. The maximum atomic E-state index is 12.0. The summed E-state index contributed by atoms with van der Waals surface area (Å²) in [7, 11) is 1.11. The van der Waals surface area contributed by atoms with E-state index >= 15 is 0 Å². The highest BCUT2D eigenvalue weighted by Gasteiger charge is 2.60. The lowest BCUT2D eigenvalue weighted by Crippen LogP contribution is -2.61. The second-order valence-corrected chi connectivity index (χ2v) is 7.02. The van der Waals surface area contributed by atoms with Crippen LogP contribution in [-0.4, -0.2) is 99.0 Å². The second-order valence-electron chi connectivity index (χ2n) is 7.02. The number of fused-ring (bicyclic) bond motifs is 1. The summed E-state index contributed by atoms with van der Waals surface area (Å²) in [6.45, 7) is 0.937. The zero-order valence-corrected chi connectivity index (χ0v) is 15.2. The third-order valence-corrected chi connectivity index (χ3v) is 5.38. The Morgan fingerprint density at radius 1 is 1.18 bits per heavy atom. The van der Waals surface area contributed by atoms with Crippen LogP contribution in [-0.2, 0) is 23.7 Å². The van der Waals surface area contributed by atoms with E-state index in [0.29, 0.717) is 5.57 Å². The zero-order chi connectivity index (χ0) is 20.8. The summed E-state index contributed by atoms with van der Waals surface area (Å²) in [4.78, 5) is 12.0. The molecule has 9 atom stereocenters. The van der Waals surface area contributed by atoms with Gasteiger partial charge in [-0.25, -0.2) is 4.79 Å². The van der Waals surface area contributed by atoms with E-state index in [1.807, 2.05) is 0 Å². The number of carbonyl (C=O) groups is 1. The van der Waals surface area contributed by atoms with Gasteiger partial charge < -0.3 is 49.6 Å². The minimum Gasteiger partial charge on any atom is -0.471 e.